The predicted molar refractivity (Wildman–Crippen MR) is 118 cm³/mol. The monoisotopic (exact) mass is 476 g/mol. The maximum Gasteiger partial charge on any atom is 0.336 e. The number of carbonyl (C=O) groups excluding carboxylic acids is 5. The highest BCUT2D eigenvalue weighted by molar-refractivity contribution is 6.01. The van der Waals surface area contributed by atoms with Crippen LogP contribution >= 0.6 is 0 Å². The van der Waals surface area contributed by atoms with Crippen LogP contribution in [0.2, 0.25) is 0 Å². The molecule has 9 nitrogen and oxygen atoms in total. The molecule has 2 heterocycles. The Hall–Kier alpha value is -4.27. The Balaban J connectivity index is 1.42. The highest BCUT2D eigenvalue weighted by Crippen LogP contribution is 2.51. The molecule has 2 aliphatic heterocycles. The number of benzene rings is 2. The summed E-state index contributed by atoms with van der Waals surface area (Å²) in [7, 11) is 1.55. The summed E-state index contributed by atoms with van der Waals surface area (Å²) in [6, 6.07) is 11.8. The van der Waals surface area contributed by atoms with Crippen molar-refractivity contribution < 1.29 is 42.9 Å². The van der Waals surface area contributed by atoms with Gasteiger partial charge in [-0.15, -0.1) is 0 Å². The number of fused-ring (bicyclic) bond motifs is 3. The Labute approximate surface area is 199 Å². The maximum absolute atomic E-state index is 12.5. The number of rotatable bonds is 5. The van der Waals surface area contributed by atoms with Crippen LogP contribution in [0.15, 0.2) is 48.5 Å². The van der Waals surface area contributed by atoms with Crippen LogP contribution in [-0.4, -0.2) is 37.0 Å². The molecule has 1 aliphatic carbocycles. The van der Waals surface area contributed by atoms with Gasteiger partial charge in [-0.1, -0.05) is 18.2 Å². The number of hydrogen-bond donors (Lipinski definition) is 0. The molecule has 0 saturated carbocycles. The van der Waals surface area contributed by atoms with E-state index >= 15 is 0 Å². The topological polar surface area (TPSA) is 122 Å². The molecule has 2 aromatic carbocycles. The quantitative estimate of drug-likeness (QED) is 0.277. The molecule has 0 aromatic heterocycles. The van der Waals surface area contributed by atoms with E-state index in [9.17, 15) is 24.0 Å². The molecule has 5 rings (SSSR count). The number of hydrogen-bond acceptors (Lipinski definition) is 9. The second-order valence-electron chi connectivity index (χ2n) is 8.59. The molecule has 3 aliphatic rings. The number of esters is 5. The molecule has 178 valence electrons. The molecule has 4 atom stereocenters. The van der Waals surface area contributed by atoms with Crippen molar-refractivity contribution in [1.29, 1.82) is 0 Å². The Bertz CT molecular complexity index is 1290. The standard InChI is InChI=1S/C26H20O9/c1-32-14-4-2-3-13(9-14)5-8-21(27)33-15-6-7-16-17(19-12-22(28)34-24(19)29)11-20-23(18(16)10-15)26(31)35-25(20)30/h2-10,17,19-20,23H,11-12H2,1H3. The third-order valence-electron chi connectivity index (χ3n) is 6.57. The number of methoxy groups -OCH3 is 1. The fraction of sp³-hybridized carbons (Fsp3) is 0.269. The lowest BCUT2D eigenvalue weighted by atomic mass is 9.67. The van der Waals surface area contributed by atoms with Crippen LogP contribution in [0, 0.1) is 11.8 Å². The molecule has 2 fully saturated rings. The molecular formula is C26H20O9. The van der Waals surface area contributed by atoms with Gasteiger partial charge in [-0.3, -0.25) is 19.2 Å². The average Bonchev–Trinajstić information content (AvgIpc) is 3.33. The van der Waals surface area contributed by atoms with Crippen molar-refractivity contribution in [2.75, 3.05) is 7.11 Å². The van der Waals surface area contributed by atoms with Gasteiger partial charge in [0.25, 0.3) is 0 Å². The van der Waals surface area contributed by atoms with E-state index in [-0.39, 0.29) is 18.6 Å². The van der Waals surface area contributed by atoms with Crippen LogP contribution < -0.4 is 9.47 Å². The first-order valence-corrected chi connectivity index (χ1v) is 11.0. The van der Waals surface area contributed by atoms with Crippen molar-refractivity contribution >= 4 is 35.9 Å². The van der Waals surface area contributed by atoms with Crippen molar-refractivity contribution in [3.63, 3.8) is 0 Å². The minimum Gasteiger partial charge on any atom is -0.497 e. The summed E-state index contributed by atoms with van der Waals surface area (Å²) in [5, 5.41) is 0. The first kappa shape index (κ1) is 22.5. The summed E-state index contributed by atoms with van der Waals surface area (Å²) < 4.78 is 20.2. The van der Waals surface area contributed by atoms with Crippen molar-refractivity contribution in [1.82, 2.24) is 0 Å². The summed E-state index contributed by atoms with van der Waals surface area (Å²) in [4.78, 5) is 61.1. The van der Waals surface area contributed by atoms with Crippen LogP contribution in [-0.2, 0) is 33.4 Å². The van der Waals surface area contributed by atoms with E-state index in [1.165, 1.54) is 12.1 Å². The lowest BCUT2D eigenvalue weighted by Gasteiger charge is -2.32. The van der Waals surface area contributed by atoms with E-state index in [1.807, 2.05) is 0 Å². The Morgan fingerprint density at radius 3 is 2.43 bits per heavy atom. The Morgan fingerprint density at radius 1 is 0.886 bits per heavy atom. The Kier molecular flexibility index (Phi) is 5.68. The van der Waals surface area contributed by atoms with Crippen LogP contribution in [0.1, 0.15) is 41.4 Å². The SMILES string of the molecule is COc1cccc(C=CC(=O)Oc2ccc3c(c2)C2C(=O)OC(=O)C2CC3C2CC(=O)OC2=O)c1. The van der Waals surface area contributed by atoms with Gasteiger partial charge in [0.15, 0.2) is 0 Å². The number of cyclic esters (lactones) is 4. The zero-order valence-electron chi connectivity index (χ0n) is 18.6. The number of ether oxygens (including phenoxy) is 4. The van der Waals surface area contributed by atoms with Crippen LogP contribution in [0.25, 0.3) is 6.08 Å². The zero-order valence-corrected chi connectivity index (χ0v) is 18.6. The molecule has 35 heavy (non-hydrogen) atoms. The summed E-state index contributed by atoms with van der Waals surface area (Å²) in [5.74, 6) is -5.40. The fourth-order valence-electron chi connectivity index (χ4n) is 4.98. The van der Waals surface area contributed by atoms with Crippen LogP contribution in [0.5, 0.6) is 11.5 Å². The lowest BCUT2D eigenvalue weighted by Crippen LogP contribution is -2.31. The summed E-state index contributed by atoms with van der Waals surface area (Å²) >= 11 is 0. The minimum absolute atomic E-state index is 0.102. The van der Waals surface area contributed by atoms with Gasteiger partial charge >= 0.3 is 29.8 Å². The third kappa shape index (κ3) is 4.21. The van der Waals surface area contributed by atoms with Crippen LogP contribution in [0.4, 0.5) is 0 Å². The largest absolute Gasteiger partial charge is 0.497 e. The molecule has 0 spiro atoms. The average molecular weight is 476 g/mol. The zero-order chi connectivity index (χ0) is 24.7. The molecule has 0 N–H and O–H groups in total. The van der Waals surface area contributed by atoms with Gasteiger partial charge in [0.1, 0.15) is 11.5 Å². The van der Waals surface area contributed by atoms with Gasteiger partial charge < -0.3 is 18.9 Å². The Morgan fingerprint density at radius 2 is 1.69 bits per heavy atom. The van der Waals surface area contributed by atoms with Gasteiger partial charge in [0.2, 0.25) is 0 Å². The highest BCUT2D eigenvalue weighted by Gasteiger charge is 2.53. The van der Waals surface area contributed by atoms with E-state index in [4.69, 9.17) is 18.9 Å². The van der Waals surface area contributed by atoms with Gasteiger partial charge in [-0.25, -0.2) is 4.79 Å². The molecule has 2 aromatic rings. The van der Waals surface area contributed by atoms with E-state index in [0.717, 1.165) is 5.56 Å². The van der Waals surface area contributed by atoms with E-state index in [0.29, 0.717) is 16.9 Å². The van der Waals surface area contributed by atoms with Crippen LogP contribution in [0.3, 0.4) is 0 Å². The van der Waals surface area contributed by atoms with Gasteiger partial charge in [0.05, 0.1) is 31.3 Å². The second kappa shape index (κ2) is 8.83. The molecule has 0 amide bonds. The summed E-state index contributed by atoms with van der Waals surface area (Å²) in [6.45, 7) is 0. The first-order chi connectivity index (χ1) is 16.8. The number of carbonyl (C=O) groups is 5. The molecule has 9 heteroatoms. The van der Waals surface area contributed by atoms with Crippen molar-refractivity contribution in [3.05, 3.63) is 65.2 Å². The maximum atomic E-state index is 12.5. The van der Waals surface area contributed by atoms with Gasteiger partial charge in [-0.05, 0) is 59.4 Å². The first-order valence-electron chi connectivity index (χ1n) is 11.0. The highest BCUT2D eigenvalue weighted by atomic mass is 16.6. The minimum atomic E-state index is -0.868. The summed E-state index contributed by atoms with van der Waals surface area (Å²) in [5.41, 5.74) is 1.81. The fourth-order valence-corrected chi connectivity index (χ4v) is 4.98. The molecule has 4 unspecified atom stereocenters. The predicted octanol–water partition coefficient (Wildman–Crippen LogP) is 2.67. The normalized spacial score (nSPS) is 25.2. The molecular weight excluding hydrogens is 456 g/mol. The van der Waals surface area contributed by atoms with E-state index < -0.39 is 53.5 Å². The smallest absolute Gasteiger partial charge is 0.336 e. The lowest BCUT2D eigenvalue weighted by molar-refractivity contribution is -0.155. The summed E-state index contributed by atoms with van der Waals surface area (Å²) in [6.07, 6.45) is 2.91. The van der Waals surface area contributed by atoms with Gasteiger partial charge in [0, 0.05) is 6.08 Å². The van der Waals surface area contributed by atoms with E-state index in [2.05, 4.69) is 0 Å². The molecule has 2 saturated heterocycles. The molecule has 0 bridgehead atoms. The second-order valence-corrected chi connectivity index (χ2v) is 8.59. The van der Waals surface area contributed by atoms with E-state index in [1.54, 1.807) is 49.6 Å². The third-order valence-corrected chi connectivity index (χ3v) is 6.57. The van der Waals surface area contributed by atoms with Crippen molar-refractivity contribution in [3.8, 4) is 11.5 Å². The van der Waals surface area contributed by atoms with Crippen molar-refractivity contribution in [2.45, 2.75) is 24.7 Å². The van der Waals surface area contributed by atoms with Gasteiger partial charge in [-0.2, -0.15) is 0 Å². The van der Waals surface area contributed by atoms with Crippen molar-refractivity contribution in [2.24, 2.45) is 11.8 Å². The molecule has 0 radical (unpaired) electrons.